The second-order valence-corrected chi connectivity index (χ2v) is 16.6. The van der Waals surface area contributed by atoms with Crippen molar-refractivity contribution in [2.45, 2.75) is 0 Å². The molecular weight excluding hydrogens is 775 g/mol. The van der Waals surface area contributed by atoms with Crippen molar-refractivity contribution in [3.63, 3.8) is 0 Å². The van der Waals surface area contributed by atoms with E-state index in [4.69, 9.17) is 19.4 Å². The van der Waals surface area contributed by atoms with Crippen molar-refractivity contribution in [3.05, 3.63) is 212 Å². The second kappa shape index (κ2) is 14.9. The van der Waals surface area contributed by atoms with Gasteiger partial charge in [-0.1, -0.05) is 170 Å². The van der Waals surface area contributed by atoms with Gasteiger partial charge in [0.05, 0.1) is 0 Å². The molecule has 0 saturated heterocycles. The minimum Gasteiger partial charge on any atom is -0.456 e. The third-order valence-electron chi connectivity index (χ3n) is 11.8. The molecule has 0 aliphatic heterocycles. The van der Waals surface area contributed by atoms with Gasteiger partial charge in [0.15, 0.2) is 17.5 Å². The first-order chi connectivity index (χ1) is 30.7. The molecule has 5 heteroatoms. The van der Waals surface area contributed by atoms with Crippen LogP contribution in [-0.4, -0.2) is 15.0 Å². The Morgan fingerprint density at radius 2 is 0.839 bits per heavy atom. The fraction of sp³-hybridized carbons (Fsp3) is 0. The van der Waals surface area contributed by atoms with Crippen molar-refractivity contribution in [1.29, 1.82) is 0 Å². The van der Waals surface area contributed by atoms with Crippen LogP contribution in [0.1, 0.15) is 0 Å². The molecule has 0 amide bonds. The van der Waals surface area contributed by atoms with Gasteiger partial charge in [-0.3, -0.25) is 0 Å². The summed E-state index contributed by atoms with van der Waals surface area (Å²) in [7, 11) is 0. The summed E-state index contributed by atoms with van der Waals surface area (Å²) in [6.45, 7) is 0. The van der Waals surface area contributed by atoms with Crippen LogP contribution >= 0.6 is 11.3 Å². The summed E-state index contributed by atoms with van der Waals surface area (Å²) < 4.78 is 8.87. The van der Waals surface area contributed by atoms with Crippen LogP contribution in [-0.2, 0) is 0 Å². The van der Waals surface area contributed by atoms with E-state index in [2.05, 4.69) is 152 Å². The molecule has 3 aromatic heterocycles. The van der Waals surface area contributed by atoms with Gasteiger partial charge in [0.1, 0.15) is 11.2 Å². The number of hydrogen-bond acceptors (Lipinski definition) is 5. The zero-order chi connectivity index (χ0) is 41.0. The normalized spacial score (nSPS) is 11.5. The maximum Gasteiger partial charge on any atom is 0.164 e. The van der Waals surface area contributed by atoms with E-state index in [-0.39, 0.29) is 0 Å². The Hall–Kier alpha value is -7.99. The molecule has 0 N–H and O–H groups in total. The van der Waals surface area contributed by atoms with Crippen molar-refractivity contribution in [3.8, 4) is 78.7 Å². The van der Waals surface area contributed by atoms with E-state index in [9.17, 15) is 0 Å². The standard InChI is InChI=1S/C57H35N3OS/c1-4-15-36(16-5-1)42-34-46(53(38-17-6-2-7-18-38)47(35-42)41-31-32-52-48(33-41)43-21-11-13-26-51(43)62-52)37-27-29-40(30-28-37)56-58-55(39-19-8-3-9-20-39)59-57(60-56)45-23-14-25-50-54(45)44-22-10-12-24-49(44)61-50/h1-35H. The highest BCUT2D eigenvalue weighted by Gasteiger charge is 2.21. The number of rotatable bonds is 7. The molecule has 12 rings (SSSR count). The van der Waals surface area contributed by atoms with Crippen LogP contribution in [0.15, 0.2) is 217 Å². The van der Waals surface area contributed by atoms with Crippen molar-refractivity contribution < 1.29 is 4.42 Å². The average molecular weight is 810 g/mol. The molecule has 0 unspecified atom stereocenters. The van der Waals surface area contributed by atoms with Crippen LogP contribution in [0.5, 0.6) is 0 Å². The third kappa shape index (κ3) is 6.26. The van der Waals surface area contributed by atoms with Crippen molar-refractivity contribution in [1.82, 2.24) is 15.0 Å². The Bertz CT molecular complexity index is 3610. The highest BCUT2D eigenvalue weighted by Crippen LogP contribution is 2.46. The predicted molar refractivity (Wildman–Crippen MR) is 258 cm³/mol. The number of hydrogen-bond donors (Lipinski definition) is 0. The van der Waals surface area contributed by atoms with Gasteiger partial charge < -0.3 is 4.42 Å². The number of aromatic nitrogens is 3. The molecule has 290 valence electrons. The summed E-state index contributed by atoms with van der Waals surface area (Å²) in [5.41, 5.74) is 13.6. The van der Waals surface area contributed by atoms with Crippen molar-refractivity contribution in [2.24, 2.45) is 0 Å². The Balaban J connectivity index is 1.05. The van der Waals surface area contributed by atoms with Crippen LogP contribution in [0.4, 0.5) is 0 Å². The van der Waals surface area contributed by atoms with E-state index in [0.29, 0.717) is 17.5 Å². The quantitative estimate of drug-likeness (QED) is 0.161. The Labute approximate surface area is 362 Å². The lowest BCUT2D eigenvalue weighted by molar-refractivity contribution is 0.669. The molecule has 4 nitrogen and oxygen atoms in total. The van der Waals surface area contributed by atoms with E-state index in [1.807, 2.05) is 72.0 Å². The summed E-state index contributed by atoms with van der Waals surface area (Å²) in [6, 6.07) is 74.9. The maximum absolute atomic E-state index is 6.28. The molecule has 0 atom stereocenters. The van der Waals surface area contributed by atoms with E-state index in [0.717, 1.165) is 60.9 Å². The van der Waals surface area contributed by atoms with Crippen LogP contribution in [0.3, 0.4) is 0 Å². The minimum absolute atomic E-state index is 0.594. The van der Waals surface area contributed by atoms with Gasteiger partial charge in [-0.05, 0) is 87.0 Å². The Morgan fingerprint density at radius 1 is 0.306 bits per heavy atom. The van der Waals surface area contributed by atoms with Gasteiger partial charge in [0.2, 0.25) is 0 Å². The molecule has 62 heavy (non-hydrogen) atoms. The topological polar surface area (TPSA) is 51.8 Å². The first kappa shape index (κ1) is 35.9. The SMILES string of the molecule is c1ccc(-c2cc(-c3ccc(-c4nc(-c5ccccc5)nc(-c5cccc6oc7ccccc7c56)n4)cc3)c(-c3ccccc3)c(-c3ccc4sc5ccccc5c4c3)c2)cc1. The fourth-order valence-electron chi connectivity index (χ4n) is 8.81. The molecule has 9 aromatic carbocycles. The first-order valence-electron chi connectivity index (χ1n) is 20.8. The van der Waals surface area contributed by atoms with E-state index in [1.54, 1.807) is 0 Å². The Morgan fingerprint density at radius 3 is 1.58 bits per heavy atom. The fourth-order valence-corrected chi connectivity index (χ4v) is 9.89. The lowest BCUT2D eigenvalue weighted by atomic mass is 9.84. The average Bonchev–Trinajstić information content (AvgIpc) is 3.93. The van der Waals surface area contributed by atoms with Gasteiger partial charge in [0, 0.05) is 47.6 Å². The maximum atomic E-state index is 6.28. The third-order valence-corrected chi connectivity index (χ3v) is 12.9. The lowest BCUT2D eigenvalue weighted by Gasteiger charge is -2.19. The van der Waals surface area contributed by atoms with E-state index >= 15 is 0 Å². The molecule has 0 spiro atoms. The zero-order valence-corrected chi connectivity index (χ0v) is 34.2. The van der Waals surface area contributed by atoms with Crippen LogP contribution in [0, 0.1) is 0 Å². The highest BCUT2D eigenvalue weighted by atomic mass is 32.1. The van der Waals surface area contributed by atoms with Crippen LogP contribution in [0.25, 0.3) is 121 Å². The summed E-state index contributed by atoms with van der Waals surface area (Å²) in [6.07, 6.45) is 0. The summed E-state index contributed by atoms with van der Waals surface area (Å²) >= 11 is 1.85. The largest absolute Gasteiger partial charge is 0.456 e. The summed E-state index contributed by atoms with van der Waals surface area (Å²) in [4.78, 5) is 15.4. The van der Waals surface area contributed by atoms with E-state index < -0.39 is 0 Å². The predicted octanol–water partition coefficient (Wildman–Crippen LogP) is 15.8. The van der Waals surface area contributed by atoms with Crippen LogP contribution < -0.4 is 0 Å². The van der Waals surface area contributed by atoms with Gasteiger partial charge in [-0.2, -0.15) is 0 Å². The molecule has 0 bridgehead atoms. The number of thiophene rings is 1. The molecule has 12 aromatic rings. The molecular formula is C57H35N3OS. The van der Waals surface area contributed by atoms with Crippen LogP contribution in [0.2, 0.25) is 0 Å². The van der Waals surface area contributed by atoms with Gasteiger partial charge in [-0.25, -0.2) is 15.0 Å². The van der Waals surface area contributed by atoms with Gasteiger partial charge in [0.25, 0.3) is 0 Å². The minimum atomic E-state index is 0.594. The molecule has 3 heterocycles. The zero-order valence-electron chi connectivity index (χ0n) is 33.4. The number of nitrogens with zero attached hydrogens (tertiary/aromatic N) is 3. The number of para-hydroxylation sites is 1. The van der Waals surface area contributed by atoms with Gasteiger partial charge in [-0.15, -0.1) is 11.3 Å². The number of benzene rings is 9. The molecule has 0 radical (unpaired) electrons. The summed E-state index contributed by atoms with van der Waals surface area (Å²) in [5.74, 6) is 1.81. The molecule has 0 fully saturated rings. The first-order valence-corrected chi connectivity index (χ1v) is 21.6. The monoisotopic (exact) mass is 809 g/mol. The Kier molecular flexibility index (Phi) is 8.65. The number of fused-ring (bicyclic) bond motifs is 6. The van der Waals surface area contributed by atoms with Gasteiger partial charge >= 0.3 is 0 Å². The number of furan rings is 1. The molecule has 0 aliphatic carbocycles. The smallest absolute Gasteiger partial charge is 0.164 e. The van der Waals surface area contributed by atoms with Crippen molar-refractivity contribution in [2.75, 3.05) is 0 Å². The summed E-state index contributed by atoms with van der Waals surface area (Å²) in [5, 5.41) is 4.59. The second-order valence-electron chi connectivity index (χ2n) is 15.5. The molecule has 0 aliphatic rings. The van der Waals surface area contributed by atoms with E-state index in [1.165, 1.54) is 42.4 Å². The lowest BCUT2D eigenvalue weighted by Crippen LogP contribution is -2.00. The molecule has 0 saturated carbocycles. The highest BCUT2D eigenvalue weighted by molar-refractivity contribution is 7.25. The van der Waals surface area contributed by atoms with Crippen molar-refractivity contribution >= 4 is 53.4 Å².